The van der Waals surface area contributed by atoms with E-state index in [9.17, 15) is 9.18 Å². The number of rotatable bonds is 4. The Kier molecular flexibility index (Phi) is 4.45. The summed E-state index contributed by atoms with van der Waals surface area (Å²) < 4.78 is 13.8. The van der Waals surface area contributed by atoms with Crippen molar-refractivity contribution in [3.05, 3.63) is 34.1 Å². The molecule has 1 aromatic rings. The number of hydrogen-bond donors (Lipinski definition) is 0. The van der Waals surface area contributed by atoms with Crippen LogP contribution in [0.4, 0.5) is 4.39 Å². The fourth-order valence-electron chi connectivity index (χ4n) is 1.28. The van der Waals surface area contributed by atoms with E-state index in [4.69, 9.17) is 0 Å². The fraction of sp³-hybridized carbons (Fsp3) is 0.417. The largest absolute Gasteiger partial charge is 0.299 e. The van der Waals surface area contributed by atoms with Gasteiger partial charge < -0.3 is 0 Å². The fourth-order valence-corrected chi connectivity index (χ4v) is 1.73. The van der Waals surface area contributed by atoms with Gasteiger partial charge in [0.1, 0.15) is 11.6 Å². The van der Waals surface area contributed by atoms with Gasteiger partial charge in [-0.05, 0) is 30.2 Å². The minimum atomic E-state index is -0.259. The third-order valence-corrected chi connectivity index (χ3v) is 3.07. The highest BCUT2D eigenvalue weighted by molar-refractivity contribution is 9.10. The van der Waals surface area contributed by atoms with Crippen molar-refractivity contribution >= 4 is 21.7 Å². The summed E-state index contributed by atoms with van der Waals surface area (Å²) in [5, 5.41) is 0. The predicted octanol–water partition coefficient (Wildman–Crippen LogP) is 3.75. The van der Waals surface area contributed by atoms with Crippen molar-refractivity contribution < 1.29 is 9.18 Å². The lowest BCUT2D eigenvalue weighted by Crippen LogP contribution is -2.08. The van der Waals surface area contributed by atoms with Crippen LogP contribution < -0.4 is 0 Å². The third-order valence-electron chi connectivity index (χ3n) is 2.29. The molecule has 1 nitrogen and oxygen atoms in total. The van der Waals surface area contributed by atoms with Crippen LogP contribution in [-0.4, -0.2) is 5.78 Å². The highest BCUT2D eigenvalue weighted by atomic mass is 79.9. The van der Waals surface area contributed by atoms with Gasteiger partial charge in [0.15, 0.2) is 0 Å². The minimum Gasteiger partial charge on any atom is -0.299 e. The summed E-state index contributed by atoms with van der Waals surface area (Å²) in [6.45, 7) is 3.76. The van der Waals surface area contributed by atoms with Gasteiger partial charge in [-0.1, -0.05) is 29.8 Å². The smallest absolute Gasteiger partial charge is 0.135 e. The number of Topliss-reactive ketones (excluding diaryl/α,β-unsaturated/α-hetero) is 1. The molecule has 0 atom stereocenters. The van der Waals surface area contributed by atoms with E-state index in [2.05, 4.69) is 15.9 Å². The Morgan fingerprint density at radius 1 is 1.47 bits per heavy atom. The molecule has 0 fully saturated rings. The maximum atomic E-state index is 12.9. The van der Waals surface area contributed by atoms with Gasteiger partial charge in [0.05, 0.1) is 0 Å². The lowest BCUT2D eigenvalue weighted by atomic mass is 10.0. The van der Waals surface area contributed by atoms with Gasteiger partial charge in [0.25, 0.3) is 0 Å². The number of hydrogen-bond acceptors (Lipinski definition) is 1. The molecule has 0 aromatic heterocycles. The average molecular weight is 273 g/mol. The summed E-state index contributed by atoms with van der Waals surface area (Å²) in [4.78, 5) is 11.4. The van der Waals surface area contributed by atoms with Crippen molar-refractivity contribution in [2.75, 3.05) is 0 Å². The van der Waals surface area contributed by atoms with E-state index in [1.807, 2.05) is 13.8 Å². The molecule has 0 bridgehead atoms. The summed E-state index contributed by atoms with van der Waals surface area (Å²) in [5.41, 5.74) is 0.851. The molecule has 0 aliphatic rings. The first kappa shape index (κ1) is 12.4. The Hall–Kier alpha value is -0.700. The molecule has 0 heterocycles. The predicted molar refractivity (Wildman–Crippen MR) is 62.3 cm³/mol. The Bertz CT molecular complexity index is 361. The number of halogens is 2. The zero-order valence-electron chi connectivity index (χ0n) is 8.89. The third kappa shape index (κ3) is 3.74. The Morgan fingerprint density at radius 3 is 2.73 bits per heavy atom. The van der Waals surface area contributed by atoms with E-state index in [0.717, 1.165) is 10.0 Å². The molecule has 3 heteroatoms. The molecule has 0 aliphatic heterocycles. The molecule has 0 aliphatic carbocycles. The molecular weight excluding hydrogens is 259 g/mol. The van der Waals surface area contributed by atoms with Gasteiger partial charge in [0, 0.05) is 16.8 Å². The summed E-state index contributed by atoms with van der Waals surface area (Å²) in [6, 6.07) is 4.54. The van der Waals surface area contributed by atoms with Crippen LogP contribution in [0.1, 0.15) is 25.8 Å². The Labute approximate surface area is 97.8 Å². The Balaban J connectivity index is 2.65. The zero-order valence-corrected chi connectivity index (χ0v) is 10.5. The van der Waals surface area contributed by atoms with E-state index in [1.165, 1.54) is 12.1 Å². The van der Waals surface area contributed by atoms with E-state index < -0.39 is 0 Å². The van der Waals surface area contributed by atoms with E-state index in [0.29, 0.717) is 12.8 Å². The van der Waals surface area contributed by atoms with Gasteiger partial charge in [-0.15, -0.1) is 0 Å². The number of carbonyl (C=O) groups excluding carboxylic acids is 1. The lowest BCUT2D eigenvalue weighted by molar-refractivity contribution is -0.121. The number of benzene rings is 1. The van der Waals surface area contributed by atoms with Gasteiger partial charge >= 0.3 is 0 Å². The van der Waals surface area contributed by atoms with Crippen LogP contribution in [0.15, 0.2) is 22.7 Å². The second kappa shape index (κ2) is 5.40. The summed E-state index contributed by atoms with van der Waals surface area (Å²) in [7, 11) is 0. The molecule has 0 N–H and O–H groups in total. The van der Waals surface area contributed by atoms with Crippen molar-refractivity contribution in [3.8, 4) is 0 Å². The molecule has 0 radical (unpaired) electrons. The normalized spacial score (nSPS) is 10.7. The second-order valence-corrected chi connectivity index (χ2v) is 4.71. The highest BCUT2D eigenvalue weighted by Crippen LogP contribution is 2.19. The van der Waals surface area contributed by atoms with Crippen LogP contribution in [-0.2, 0) is 11.2 Å². The topological polar surface area (TPSA) is 17.1 Å². The zero-order chi connectivity index (χ0) is 11.4. The second-order valence-electron chi connectivity index (χ2n) is 3.86. The van der Waals surface area contributed by atoms with Gasteiger partial charge in [0.2, 0.25) is 0 Å². The SMILES string of the molecule is CC(C)C(=O)CCc1cc(F)ccc1Br. The highest BCUT2D eigenvalue weighted by Gasteiger charge is 2.09. The monoisotopic (exact) mass is 272 g/mol. The van der Waals surface area contributed by atoms with Gasteiger partial charge in [-0.25, -0.2) is 4.39 Å². The molecular formula is C12H14BrFO. The number of carbonyl (C=O) groups is 1. The molecule has 0 spiro atoms. The van der Waals surface area contributed by atoms with Crippen molar-refractivity contribution in [2.24, 2.45) is 5.92 Å². The molecule has 15 heavy (non-hydrogen) atoms. The summed E-state index contributed by atoms with van der Waals surface area (Å²) in [5.74, 6) is 0.00805. The molecule has 1 rings (SSSR count). The van der Waals surface area contributed by atoms with Crippen LogP contribution in [0.25, 0.3) is 0 Å². The molecule has 1 aromatic carbocycles. The first-order chi connectivity index (χ1) is 7.00. The molecule has 0 unspecified atom stereocenters. The van der Waals surface area contributed by atoms with Gasteiger partial charge in [-0.2, -0.15) is 0 Å². The molecule has 0 saturated heterocycles. The summed E-state index contributed by atoms with van der Waals surface area (Å²) in [6.07, 6.45) is 1.06. The van der Waals surface area contributed by atoms with Crippen molar-refractivity contribution in [1.82, 2.24) is 0 Å². The van der Waals surface area contributed by atoms with Crippen LogP contribution in [0.2, 0.25) is 0 Å². The molecule has 0 amide bonds. The van der Waals surface area contributed by atoms with Crippen LogP contribution in [0.3, 0.4) is 0 Å². The maximum absolute atomic E-state index is 12.9. The average Bonchev–Trinajstić information content (AvgIpc) is 2.18. The first-order valence-electron chi connectivity index (χ1n) is 4.97. The Morgan fingerprint density at radius 2 is 2.13 bits per heavy atom. The van der Waals surface area contributed by atoms with E-state index >= 15 is 0 Å². The van der Waals surface area contributed by atoms with Crippen LogP contribution >= 0.6 is 15.9 Å². The van der Waals surface area contributed by atoms with E-state index in [1.54, 1.807) is 6.07 Å². The van der Waals surface area contributed by atoms with Crippen LogP contribution in [0.5, 0.6) is 0 Å². The van der Waals surface area contributed by atoms with Crippen LogP contribution in [0, 0.1) is 11.7 Å². The molecule has 0 saturated carbocycles. The van der Waals surface area contributed by atoms with Crippen molar-refractivity contribution in [1.29, 1.82) is 0 Å². The van der Waals surface area contributed by atoms with Crippen molar-refractivity contribution in [3.63, 3.8) is 0 Å². The van der Waals surface area contributed by atoms with Gasteiger partial charge in [-0.3, -0.25) is 4.79 Å². The standard InChI is InChI=1S/C12H14BrFO/c1-8(2)12(15)6-3-9-7-10(14)4-5-11(9)13/h4-5,7-8H,3,6H2,1-2H3. The molecule has 82 valence electrons. The van der Waals surface area contributed by atoms with E-state index in [-0.39, 0.29) is 17.5 Å². The number of aryl methyl sites for hydroxylation is 1. The lowest BCUT2D eigenvalue weighted by Gasteiger charge is -2.06. The maximum Gasteiger partial charge on any atom is 0.135 e. The minimum absolute atomic E-state index is 0.0531. The quantitative estimate of drug-likeness (QED) is 0.816. The number of ketones is 1. The summed E-state index contributed by atoms with van der Waals surface area (Å²) >= 11 is 3.34. The first-order valence-corrected chi connectivity index (χ1v) is 5.76. The van der Waals surface area contributed by atoms with Crippen molar-refractivity contribution in [2.45, 2.75) is 26.7 Å².